The Morgan fingerprint density at radius 1 is 0.926 bits per heavy atom. The summed E-state index contributed by atoms with van der Waals surface area (Å²) in [7, 11) is 0. The summed E-state index contributed by atoms with van der Waals surface area (Å²) < 4.78 is 8.03. The third-order valence-corrected chi connectivity index (χ3v) is 4.88. The number of aromatic nitrogens is 3. The minimum absolute atomic E-state index is 0.281. The lowest BCUT2D eigenvalue weighted by Crippen LogP contribution is -2.06. The van der Waals surface area contributed by atoms with Gasteiger partial charge in [-0.05, 0) is 23.6 Å². The maximum atomic E-state index is 8.90. The highest BCUT2D eigenvalue weighted by Gasteiger charge is 2.15. The van der Waals surface area contributed by atoms with E-state index in [9.17, 15) is 0 Å². The van der Waals surface area contributed by atoms with Crippen molar-refractivity contribution in [3.63, 3.8) is 0 Å². The van der Waals surface area contributed by atoms with Gasteiger partial charge in [0.25, 0.3) is 0 Å². The van der Waals surface area contributed by atoms with E-state index in [1.807, 2.05) is 65.2 Å². The minimum Gasteiger partial charge on any atom is -0.485 e. The molecule has 0 amide bonds. The van der Waals surface area contributed by atoms with Gasteiger partial charge in [0.15, 0.2) is 11.0 Å². The van der Waals surface area contributed by atoms with Crippen LogP contribution in [0.25, 0.3) is 16.5 Å². The average molecular weight is 372 g/mol. The van der Waals surface area contributed by atoms with Crippen molar-refractivity contribution in [2.45, 2.75) is 11.8 Å². The highest BCUT2D eigenvalue weighted by molar-refractivity contribution is 7.99. The number of hydrogen-bond donors (Lipinski definition) is 0. The van der Waals surface area contributed by atoms with Crippen molar-refractivity contribution in [1.29, 1.82) is 5.26 Å². The highest BCUT2D eigenvalue weighted by Crippen LogP contribution is 2.27. The summed E-state index contributed by atoms with van der Waals surface area (Å²) in [5.41, 5.74) is 0.944. The Kier molecular flexibility index (Phi) is 5.04. The van der Waals surface area contributed by atoms with E-state index in [0.717, 1.165) is 22.2 Å². The molecule has 0 fully saturated rings. The van der Waals surface area contributed by atoms with Gasteiger partial charge in [-0.15, -0.1) is 10.2 Å². The molecular formula is C21H16N4OS. The van der Waals surface area contributed by atoms with Crippen LogP contribution < -0.4 is 4.74 Å². The number of fused-ring (bicyclic) bond motifs is 1. The van der Waals surface area contributed by atoms with Crippen LogP contribution in [0, 0.1) is 11.3 Å². The van der Waals surface area contributed by atoms with Crippen LogP contribution in [-0.4, -0.2) is 20.5 Å². The molecule has 5 nitrogen and oxygen atoms in total. The van der Waals surface area contributed by atoms with Crippen molar-refractivity contribution in [2.75, 3.05) is 5.75 Å². The van der Waals surface area contributed by atoms with Gasteiger partial charge in [0.1, 0.15) is 12.4 Å². The zero-order valence-electron chi connectivity index (χ0n) is 14.4. The van der Waals surface area contributed by atoms with E-state index in [0.29, 0.717) is 16.7 Å². The number of thioether (sulfide) groups is 1. The molecular weight excluding hydrogens is 356 g/mol. The number of hydrogen-bond acceptors (Lipinski definition) is 5. The van der Waals surface area contributed by atoms with Crippen LogP contribution in [0.4, 0.5) is 0 Å². The Morgan fingerprint density at radius 3 is 2.56 bits per heavy atom. The Labute approximate surface area is 161 Å². The SMILES string of the molecule is N#CCSc1nnc(COc2cccc3ccccc23)n1-c1ccccc1. The molecule has 27 heavy (non-hydrogen) atoms. The lowest BCUT2D eigenvalue weighted by molar-refractivity contribution is 0.296. The molecule has 0 unspecified atom stereocenters. The molecule has 0 bridgehead atoms. The topological polar surface area (TPSA) is 63.7 Å². The van der Waals surface area contributed by atoms with Gasteiger partial charge in [0, 0.05) is 11.1 Å². The number of benzene rings is 3. The number of para-hydroxylation sites is 1. The molecule has 0 N–H and O–H groups in total. The molecule has 1 aromatic heterocycles. The first-order valence-electron chi connectivity index (χ1n) is 8.47. The van der Waals surface area contributed by atoms with E-state index >= 15 is 0 Å². The van der Waals surface area contributed by atoms with Gasteiger partial charge < -0.3 is 4.74 Å². The predicted octanol–water partition coefficient (Wildman–Crippen LogP) is 4.62. The first kappa shape index (κ1) is 17.1. The quantitative estimate of drug-likeness (QED) is 0.462. The molecule has 0 aliphatic carbocycles. The Hall–Kier alpha value is -3.30. The van der Waals surface area contributed by atoms with Crippen molar-refractivity contribution in [3.05, 3.63) is 78.6 Å². The van der Waals surface area contributed by atoms with Gasteiger partial charge >= 0.3 is 0 Å². The standard InChI is InChI=1S/C21H16N4OS/c22-13-14-27-21-24-23-20(25(21)17-9-2-1-3-10-17)15-26-19-12-6-8-16-7-4-5-11-18(16)19/h1-12H,14-15H2. The van der Waals surface area contributed by atoms with Gasteiger partial charge in [-0.2, -0.15) is 5.26 Å². The molecule has 0 radical (unpaired) electrons. The summed E-state index contributed by atoms with van der Waals surface area (Å²) in [6, 6.07) is 26.1. The third-order valence-electron chi connectivity index (χ3n) is 4.09. The van der Waals surface area contributed by atoms with Crippen LogP contribution >= 0.6 is 11.8 Å². The third kappa shape index (κ3) is 3.64. The summed E-state index contributed by atoms with van der Waals surface area (Å²) in [5.74, 6) is 1.81. The zero-order chi connectivity index (χ0) is 18.5. The summed E-state index contributed by atoms with van der Waals surface area (Å²) >= 11 is 1.36. The fourth-order valence-electron chi connectivity index (χ4n) is 2.88. The average Bonchev–Trinajstić information content (AvgIpc) is 3.14. The molecule has 4 rings (SSSR count). The van der Waals surface area contributed by atoms with Crippen molar-refractivity contribution >= 4 is 22.5 Å². The highest BCUT2D eigenvalue weighted by atomic mass is 32.2. The summed E-state index contributed by atoms with van der Waals surface area (Å²) in [6.45, 7) is 0.281. The predicted molar refractivity (Wildman–Crippen MR) is 106 cm³/mol. The smallest absolute Gasteiger partial charge is 0.196 e. The summed E-state index contributed by atoms with van der Waals surface area (Å²) in [6.07, 6.45) is 0. The Balaban J connectivity index is 1.66. The van der Waals surface area contributed by atoms with E-state index in [1.54, 1.807) is 0 Å². The fraction of sp³-hybridized carbons (Fsp3) is 0.0952. The minimum atomic E-state index is 0.281. The molecule has 0 saturated heterocycles. The van der Waals surface area contributed by atoms with Crippen LogP contribution in [0.2, 0.25) is 0 Å². The van der Waals surface area contributed by atoms with Gasteiger partial charge in [-0.3, -0.25) is 4.57 Å². The second-order valence-electron chi connectivity index (χ2n) is 5.78. The molecule has 0 aliphatic rings. The number of nitriles is 1. The fourth-order valence-corrected chi connectivity index (χ4v) is 3.52. The summed E-state index contributed by atoms with van der Waals surface area (Å²) in [5, 5.41) is 20.3. The zero-order valence-corrected chi connectivity index (χ0v) is 15.3. The van der Waals surface area contributed by atoms with Crippen LogP contribution in [0.5, 0.6) is 5.75 Å². The van der Waals surface area contributed by atoms with Crippen LogP contribution in [0.15, 0.2) is 78.0 Å². The van der Waals surface area contributed by atoms with Crippen LogP contribution in [-0.2, 0) is 6.61 Å². The summed E-state index contributed by atoms with van der Waals surface area (Å²) in [4.78, 5) is 0. The van der Waals surface area contributed by atoms with Crippen LogP contribution in [0.3, 0.4) is 0 Å². The normalized spacial score (nSPS) is 10.6. The number of nitrogens with zero attached hydrogens (tertiary/aromatic N) is 4. The number of rotatable bonds is 6. The van der Waals surface area contributed by atoms with E-state index in [2.05, 4.69) is 28.4 Å². The van der Waals surface area contributed by atoms with Gasteiger partial charge in [0.05, 0.1) is 11.8 Å². The first-order chi connectivity index (χ1) is 13.4. The molecule has 0 saturated carbocycles. The van der Waals surface area contributed by atoms with E-state index in [4.69, 9.17) is 10.00 Å². The lowest BCUT2D eigenvalue weighted by atomic mass is 10.1. The monoisotopic (exact) mass is 372 g/mol. The Morgan fingerprint density at radius 2 is 1.70 bits per heavy atom. The molecule has 132 valence electrons. The second-order valence-corrected chi connectivity index (χ2v) is 6.73. The first-order valence-corrected chi connectivity index (χ1v) is 9.45. The van der Waals surface area contributed by atoms with E-state index in [1.165, 1.54) is 11.8 Å². The van der Waals surface area contributed by atoms with Crippen molar-refractivity contribution < 1.29 is 4.74 Å². The maximum absolute atomic E-state index is 8.90. The van der Waals surface area contributed by atoms with Crippen LogP contribution in [0.1, 0.15) is 5.82 Å². The van der Waals surface area contributed by atoms with Gasteiger partial charge in [0.2, 0.25) is 0 Å². The molecule has 4 aromatic rings. The van der Waals surface area contributed by atoms with E-state index in [-0.39, 0.29) is 6.61 Å². The molecule has 0 atom stereocenters. The number of ether oxygens (including phenoxy) is 1. The Bertz CT molecular complexity index is 1100. The molecule has 3 aromatic carbocycles. The molecule has 0 aliphatic heterocycles. The largest absolute Gasteiger partial charge is 0.485 e. The van der Waals surface area contributed by atoms with Crippen molar-refractivity contribution in [1.82, 2.24) is 14.8 Å². The molecule has 6 heteroatoms. The van der Waals surface area contributed by atoms with Crippen molar-refractivity contribution in [3.8, 4) is 17.5 Å². The lowest BCUT2D eigenvalue weighted by Gasteiger charge is -2.12. The maximum Gasteiger partial charge on any atom is 0.196 e. The van der Waals surface area contributed by atoms with Gasteiger partial charge in [-0.1, -0.05) is 66.4 Å². The molecule has 0 spiro atoms. The van der Waals surface area contributed by atoms with Crippen molar-refractivity contribution in [2.24, 2.45) is 0 Å². The molecule has 1 heterocycles. The van der Waals surface area contributed by atoms with Gasteiger partial charge in [-0.25, -0.2) is 0 Å². The van der Waals surface area contributed by atoms with E-state index < -0.39 is 0 Å². The second kappa shape index (κ2) is 7.94.